The van der Waals surface area contributed by atoms with Gasteiger partial charge in [0.05, 0.1) is 24.4 Å². The van der Waals surface area contributed by atoms with E-state index >= 15 is 0 Å². The topological polar surface area (TPSA) is 62.4 Å². The van der Waals surface area contributed by atoms with Crippen molar-refractivity contribution in [3.05, 3.63) is 57.4 Å². The van der Waals surface area contributed by atoms with Crippen molar-refractivity contribution in [2.75, 3.05) is 14.2 Å². The zero-order valence-electron chi connectivity index (χ0n) is 15.1. The van der Waals surface area contributed by atoms with Crippen LogP contribution in [0.15, 0.2) is 24.3 Å². The molecule has 1 unspecified atom stereocenters. The molecule has 1 aromatic carbocycles. The molecule has 1 N–H and O–H groups in total. The summed E-state index contributed by atoms with van der Waals surface area (Å²) in [4.78, 5) is 29.8. The predicted octanol–water partition coefficient (Wildman–Crippen LogP) is 3.77. The Morgan fingerprint density at radius 1 is 1.24 bits per heavy atom. The molecule has 134 valence electrons. The molecular weight excluding hydrogens is 340 g/mol. The van der Waals surface area contributed by atoms with E-state index in [9.17, 15) is 9.59 Å². The van der Waals surface area contributed by atoms with E-state index in [1.54, 1.807) is 13.8 Å². The van der Waals surface area contributed by atoms with Gasteiger partial charge in [-0.25, -0.2) is 4.79 Å². The molecule has 2 rings (SSSR count). The van der Waals surface area contributed by atoms with Crippen LogP contribution >= 0.6 is 11.6 Å². The van der Waals surface area contributed by atoms with Crippen molar-refractivity contribution < 1.29 is 14.3 Å². The lowest BCUT2D eigenvalue weighted by Crippen LogP contribution is -2.36. The number of nitrogens with zero attached hydrogens (tertiary/aromatic N) is 1. The summed E-state index contributed by atoms with van der Waals surface area (Å²) in [5, 5.41) is 0.684. The Kier molecular flexibility index (Phi) is 6.03. The predicted molar refractivity (Wildman–Crippen MR) is 98.3 cm³/mol. The van der Waals surface area contributed by atoms with Crippen LogP contribution in [-0.4, -0.2) is 41.8 Å². The third kappa shape index (κ3) is 4.11. The summed E-state index contributed by atoms with van der Waals surface area (Å²) < 4.78 is 4.80. The van der Waals surface area contributed by atoms with Gasteiger partial charge in [-0.3, -0.25) is 9.69 Å². The van der Waals surface area contributed by atoms with E-state index in [4.69, 9.17) is 16.3 Å². The number of aryl methyl sites for hydroxylation is 1. The first-order valence-electron chi connectivity index (χ1n) is 8.02. The van der Waals surface area contributed by atoms with Crippen LogP contribution in [0.4, 0.5) is 0 Å². The summed E-state index contributed by atoms with van der Waals surface area (Å²) in [7, 11) is 3.22. The summed E-state index contributed by atoms with van der Waals surface area (Å²) in [5.74, 6) is -0.500. The summed E-state index contributed by atoms with van der Waals surface area (Å²) in [6, 6.07) is 7.19. The number of ketones is 1. The van der Waals surface area contributed by atoms with Gasteiger partial charge in [0.1, 0.15) is 0 Å². The number of ether oxygens (including phenoxy) is 1. The van der Waals surface area contributed by atoms with Gasteiger partial charge in [0.25, 0.3) is 0 Å². The minimum atomic E-state index is -0.438. The monoisotopic (exact) mass is 362 g/mol. The number of carbonyl (C=O) groups is 2. The molecule has 0 radical (unpaired) electrons. The van der Waals surface area contributed by atoms with Crippen molar-refractivity contribution in [1.82, 2.24) is 9.88 Å². The molecule has 1 atom stereocenters. The van der Waals surface area contributed by atoms with Gasteiger partial charge in [-0.15, -0.1) is 0 Å². The Balaban J connectivity index is 2.19. The summed E-state index contributed by atoms with van der Waals surface area (Å²) in [5.41, 5.74) is 3.22. The molecule has 0 aliphatic heterocycles. The number of benzene rings is 1. The lowest BCUT2D eigenvalue weighted by Gasteiger charge is -2.23. The van der Waals surface area contributed by atoms with Crippen LogP contribution in [0.1, 0.15) is 44.6 Å². The van der Waals surface area contributed by atoms with E-state index in [2.05, 4.69) is 4.98 Å². The van der Waals surface area contributed by atoms with Gasteiger partial charge >= 0.3 is 5.97 Å². The Hall–Kier alpha value is -2.11. The number of likely N-dealkylation sites (N-methyl/N-ethyl adjacent to an activating group) is 1. The van der Waals surface area contributed by atoms with Gasteiger partial charge in [0, 0.05) is 17.3 Å². The van der Waals surface area contributed by atoms with Gasteiger partial charge in [-0.2, -0.15) is 0 Å². The molecule has 0 aliphatic carbocycles. The maximum atomic E-state index is 12.9. The summed E-state index contributed by atoms with van der Waals surface area (Å²) in [6.07, 6.45) is 0. The van der Waals surface area contributed by atoms with Gasteiger partial charge in [-0.05, 0) is 51.1 Å². The van der Waals surface area contributed by atoms with Crippen molar-refractivity contribution in [3.8, 4) is 0 Å². The largest absolute Gasteiger partial charge is 0.465 e. The molecule has 0 spiro atoms. The normalized spacial score (nSPS) is 12.3. The molecule has 5 nitrogen and oxygen atoms in total. The first kappa shape index (κ1) is 19.2. The third-order valence-corrected chi connectivity index (χ3v) is 4.71. The van der Waals surface area contributed by atoms with Crippen LogP contribution in [0, 0.1) is 13.8 Å². The summed E-state index contributed by atoms with van der Waals surface area (Å²) >= 11 is 5.90. The molecule has 1 aromatic heterocycles. The Morgan fingerprint density at radius 2 is 1.84 bits per heavy atom. The number of aromatic amines is 1. The highest BCUT2D eigenvalue weighted by Crippen LogP contribution is 2.21. The average Bonchev–Trinajstić information content (AvgIpc) is 2.89. The number of hydrogen-bond donors (Lipinski definition) is 1. The van der Waals surface area contributed by atoms with Crippen molar-refractivity contribution in [2.24, 2.45) is 0 Å². The quantitative estimate of drug-likeness (QED) is 0.627. The highest BCUT2D eigenvalue weighted by molar-refractivity contribution is 6.30. The Labute approximate surface area is 152 Å². The summed E-state index contributed by atoms with van der Waals surface area (Å²) in [6.45, 7) is 5.99. The Bertz CT molecular complexity index is 781. The molecule has 2 aromatic rings. The fourth-order valence-corrected chi connectivity index (χ4v) is 2.95. The van der Waals surface area contributed by atoms with Gasteiger partial charge in [0.2, 0.25) is 0 Å². The van der Waals surface area contributed by atoms with E-state index in [1.807, 2.05) is 43.1 Å². The molecular formula is C19H23ClN2O3. The molecule has 0 amide bonds. The van der Waals surface area contributed by atoms with Crippen LogP contribution in [0.2, 0.25) is 5.02 Å². The number of esters is 1. The number of Topliss-reactive ketones (excluding diaryl/α,β-unsaturated/α-hetero) is 1. The third-order valence-electron chi connectivity index (χ3n) is 4.46. The molecule has 0 bridgehead atoms. The zero-order chi connectivity index (χ0) is 18.7. The highest BCUT2D eigenvalue weighted by Gasteiger charge is 2.27. The van der Waals surface area contributed by atoms with E-state index in [0.717, 1.165) is 5.56 Å². The second-order valence-electron chi connectivity index (χ2n) is 6.20. The zero-order valence-corrected chi connectivity index (χ0v) is 15.9. The second kappa shape index (κ2) is 7.85. The lowest BCUT2D eigenvalue weighted by molar-refractivity contribution is 0.0599. The number of carbonyl (C=O) groups excluding carboxylic acids is 2. The van der Waals surface area contributed by atoms with Crippen LogP contribution in [0.25, 0.3) is 0 Å². The fraction of sp³-hybridized carbons (Fsp3) is 0.368. The first-order valence-corrected chi connectivity index (χ1v) is 8.40. The lowest BCUT2D eigenvalue weighted by atomic mass is 10.0. The number of aromatic nitrogens is 1. The van der Waals surface area contributed by atoms with Gasteiger partial charge in [0.15, 0.2) is 5.78 Å². The second-order valence-corrected chi connectivity index (χ2v) is 6.63. The minimum Gasteiger partial charge on any atom is -0.465 e. The maximum Gasteiger partial charge on any atom is 0.339 e. The highest BCUT2D eigenvalue weighted by atomic mass is 35.5. The van der Waals surface area contributed by atoms with Crippen molar-refractivity contribution >= 4 is 23.4 Å². The van der Waals surface area contributed by atoms with Crippen LogP contribution in [0.5, 0.6) is 0 Å². The van der Waals surface area contributed by atoms with Crippen molar-refractivity contribution in [2.45, 2.75) is 33.4 Å². The number of nitrogens with one attached hydrogen (secondary N) is 1. The standard InChI is InChI=1S/C19H23ClN2O3/c1-11-16(19(24)25-5)12(2)21-17(11)18(23)13(3)22(4)10-14-6-8-15(20)9-7-14/h6-9,13,21H,10H2,1-5H3. The van der Waals surface area contributed by atoms with E-state index in [1.165, 1.54) is 7.11 Å². The number of rotatable bonds is 6. The first-order chi connectivity index (χ1) is 11.8. The van der Waals surface area contributed by atoms with Gasteiger partial charge in [-0.1, -0.05) is 23.7 Å². The van der Waals surface area contributed by atoms with Crippen LogP contribution in [-0.2, 0) is 11.3 Å². The molecule has 0 fully saturated rings. The number of hydrogen-bond acceptors (Lipinski definition) is 4. The molecule has 0 saturated carbocycles. The van der Waals surface area contributed by atoms with Gasteiger partial charge < -0.3 is 9.72 Å². The molecule has 0 saturated heterocycles. The van der Waals surface area contributed by atoms with Crippen molar-refractivity contribution in [3.63, 3.8) is 0 Å². The van der Waals surface area contributed by atoms with E-state index < -0.39 is 5.97 Å². The average molecular weight is 363 g/mol. The Morgan fingerprint density at radius 3 is 2.40 bits per heavy atom. The fourth-order valence-electron chi connectivity index (χ4n) is 2.83. The maximum absolute atomic E-state index is 12.9. The molecule has 1 heterocycles. The van der Waals surface area contributed by atoms with Crippen LogP contribution in [0.3, 0.4) is 0 Å². The number of halogens is 1. The van der Waals surface area contributed by atoms with E-state index in [0.29, 0.717) is 34.1 Å². The number of methoxy groups -OCH3 is 1. The SMILES string of the molecule is COC(=O)c1c(C)[nH]c(C(=O)C(C)N(C)Cc2ccc(Cl)cc2)c1C. The number of H-pyrrole nitrogens is 1. The molecule has 25 heavy (non-hydrogen) atoms. The van der Waals surface area contributed by atoms with Crippen molar-refractivity contribution in [1.29, 1.82) is 0 Å². The van der Waals surface area contributed by atoms with E-state index in [-0.39, 0.29) is 11.8 Å². The molecule has 6 heteroatoms. The van der Waals surface area contributed by atoms with Crippen LogP contribution < -0.4 is 0 Å². The molecule has 0 aliphatic rings. The minimum absolute atomic E-state index is 0.0628. The smallest absolute Gasteiger partial charge is 0.339 e.